The largest absolute Gasteiger partial charge is 0.497 e. The lowest BCUT2D eigenvalue weighted by Crippen LogP contribution is -2.29. The van der Waals surface area contributed by atoms with Gasteiger partial charge in [-0.25, -0.2) is 4.79 Å². The Morgan fingerprint density at radius 2 is 1.92 bits per heavy atom. The fourth-order valence-corrected chi connectivity index (χ4v) is 2.74. The van der Waals surface area contributed by atoms with Crippen molar-refractivity contribution in [2.75, 3.05) is 12.4 Å². The summed E-state index contributed by atoms with van der Waals surface area (Å²) in [4.78, 5) is 31.1. The van der Waals surface area contributed by atoms with Crippen molar-refractivity contribution >= 4 is 22.8 Å². The average Bonchev–Trinajstić information content (AvgIpc) is 2.97. The number of ether oxygens (including phenoxy) is 1. The van der Waals surface area contributed by atoms with E-state index in [0.29, 0.717) is 29.6 Å². The number of fused-ring (bicyclic) bond motifs is 1. The highest BCUT2D eigenvalue weighted by Gasteiger charge is 2.17. The molecule has 0 amide bonds. The zero-order chi connectivity index (χ0) is 18.8. The standard InChI is InChI=1S/C18H23N5O3/c1-11(2)9-10-23-14-15(22(3)18(25)21-16(14)24)20-17(23)19-12-5-7-13(26-4)8-6-12/h5-8,11H,9-10H2,1-4H3,(H,19,20)(H,21,24,25). The predicted molar refractivity (Wildman–Crippen MR) is 101 cm³/mol. The van der Waals surface area contributed by atoms with E-state index in [4.69, 9.17) is 4.74 Å². The summed E-state index contributed by atoms with van der Waals surface area (Å²) < 4.78 is 8.35. The summed E-state index contributed by atoms with van der Waals surface area (Å²) in [6.07, 6.45) is 0.880. The molecule has 8 heteroatoms. The maximum atomic E-state index is 12.4. The fraction of sp³-hybridized carbons (Fsp3) is 0.389. The van der Waals surface area contributed by atoms with Crippen molar-refractivity contribution in [1.29, 1.82) is 0 Å². The first-order chi connectivity index (χ1) is 12.4. The quantitative estimate of drug-likeness (QED) is 0.705. The molecule has 0 aliphatic heterocycles. The van der Waals surface area contributed by atoms with Gasteiger partial charge >= 0.3 is 5.69 Å². The number of hydrogen-bond acceptors (Lipinski definition) is 5. The van der Waals surface area contributed by atoms with Gasteiger partial charge in [0, 0.05) is 19.3 Å². The van der Waals surface area contributed by atoms with Gasteiger partial charge in [0.15, 0.2) is 11.2 Å². The van der Waals surface area contributed by atoms with E-state index >= 15 is 0 Å². The maximum Gasteiger partial charge on any atom is 0.329 e. The van der Waals surface area contributed by atoms with Crippen LogP contribution < -0.4 is 21.3 Å². The fourth-order valence-electron chi connectivity index (χ4n) is 2.74. The molecule has 1 aromatic carbocycles. The van der Waals surface area contributed by atoms with Gasteiger partial charge in [-0.2, -0.15) is 4.98 Å². The Morgan fingerprint density at radius 3 is 2.54 bits per heavy atom. The lowest BCUT2D eigenvalue weighted by atomic mass is 10.1. The molecule has 0 fully saturated rings. The van der Waals surface area contributed by atoms with Crippen molar-refractivity contribution in [2.45, 2.75) is 26.8 Å². The number of rotatable bonds is 6. The van der Waals surface area contributed by atoms with Crippen LogP contribution in [0.5, 0.6) is 5.75 Å². The monoisotopic (exact) mass is 357 g/mol. The molecular weight excluding hydrogens is 334 g/mol. The van der Waals surface area contributed by atoms with E-state index in [0.717, 1.165) is 17.9 Å². The van der Waals surface area contributed by atoms with Gasteiger partial charge in [0.1, 0.15) is 5.75 Å². The molecule has 0 atom stereocenters. The first kappa shape index (κ1) is 17.8. The SMILES string of the molecule is COc1ccc(Nc2nc3c(c(=O)[nH]c(=O)n3C)n2CCC(C)C)cc1. The summed E-state index contributed by atoms with van der Waals surface area (Å²) in [6, 6.07) is 7.42. The molecule has 138 valence electrons. The summed E-state index contributed by atoms with van der Waals surface area (Å²) >= 11 is 0. The molecule has 0 saturated carbocycles. The van der Waals surface area contributed by atoms with Crippen LogP contribution in [-0.4, -0.2) is 26.2 Å². The molecule has 8 nitrogen and oxygen atoms in total. The number of aryl methyl sites for hydroxylation is 2. The molecule has 3 rings (SSSR count). The second-order valence-corrected chi connectivity index (χ2v) is 6.61. The second-order valence-electron chi connectivity index (χ2n) is 6.61. The Balaban J connectivity index is 2.11. The molecule has 2 N–H and O–H groups in total. The van der Waals surface area contributed by atoms with Gasteiger partial charge in [-0.15, -0.1) is 0 Å². The van der Waals surface area contributed by atoms with Crippen LogP contribution in [-0.2, 0) is 13.6 Å². The summed E-state index contributed by atoms with van der Waals surface area (Å²) in [5, 5.41) is 3.24. The molecule has 0 saturated heterocycles. The summed E-state index contributed by atoms with van der Waals surface area (Å²) in [6.45, 7) is 4.86. The van der Waals surface area contributed by atoms with Gasteiger partial charge in [0.05, 0.1) is 7.11 Å². The summed E-state index contributed by atoms with van der Waals surface area (Å²) in [5.74, 6) is 1.74. The Hall–Kier alpha value is -3.03. The molecule has 0 aliphatic rings. The van der Waals surface area contributed by atoms with Gasteiger partial charge in [-0.3, -0.25) is 14.3 Å². The zero-order valence-corrected chi connectivity index (χ0v) is 15.4. The first-order valence-corrected chi connectivity index (χ1v) is 8.51. The van der Waals surface area contributed by atoms with Crippen LogP contribution in [0.15, 0.2) is 33.9 Å². The normalized spacial score (nSPS) is 11.3. The van der Waals surface area contributed by atoms with Crippen molar-refractivity contribution in [3.63, 3.8) is 0 Å². The first-order valence-electron chi connectivity index (χ1n) is 8.51. The molecule has 0 aliphatic carbocycles. The number of nitrogens with one attached hydrogen (secondary N) is 2. The number of hydrogen-bond donors (Lipinski definition) is 2. The third-order valence-corrected chi connectivity index (χ3v) is 4.28. The van der Waals surface area contributed by atoms with Gasteiger partial charge in [0.25, 0.3) is 5.56 Å². The predicted octanol–water partition coefficient (Wildman–Crippen LogP) is 2.22. The topological polar surface area (TPSA) is 93.9 Å². The Bertz CT molecular complexity index is 1030. The Labute approximate surface area is 150 Å². The highest BCUT2D eigenvalue weighted by Crippen LogP contribution is 2.23. The summed E-state index contributed by atoms with van der Waals surface area (Å²) in [5.41, 5.74) is 0.657. The highest BCUT2D eigenvalue weighted by molar-refractivity contribution is 5.75. The zero-order valence-electron chi connectivity index (χ0n) is 15.4. The van der Waals surface area contributed by atoms with E-state index in [-0.39, 0.29) is 0 Å². The molecule has 0 radical (unpaired) electrons. The number of benzene rings is 1. The van der Waals surface area contributed by atoms with Gasteiger partial charge in [-0.05, 0) is 36.6 Å². The van der Waals surface area contributed by atoms with Crippen LogP contribution in [0.25, 0.3) is 11.2 Å². The maximum absolute atomic E-state index is 12.4. The molecule has 2 aromatic heterocycles. The van der Waals surface area contributed by atoms with Gasteiger partial charge < -0.3 is 14.6 Å². The van der Waals surface area contributed by atoms with Crippen molar-refractivity contribution < 1.29 is 4.74 Å². The van der Waals surface area contributed by atoms with E-state index < -0.39 is 11.2 Å². The van der Waals surface area contributed by atoms with Crippen LogP contribution in [0.2, 0.25) is 0 Å². The van der Waals surface area contributed by atoms with E-state index in [1.807, 2.05) is 28.8 Å². The van der Waals surface area contributed by atoms with E-state index in [2.05, 4.69) is 29.1 Å². The molecule has 2 heterocycles. The van der Waals surface area contributed by atoms with Crippen molar-refractivity contribution in [3.05, 3.63) is 45.1 Å². The molecule has 26 heavy (non-hydrogen) atoms. The number of aromatic amines is 1. The van der Waals surface area contributed by atoms with Crippen molar-refractivity contribution in [1.82, 2.24) is 19.1 Å². The lowest BCUT2D eigenvalue weighted by molar-refractivity contribution is 0.415. The number of imidazole rings is 1. The Kier molecular flexibility index (Phi) is 4.83. The third-order valence-electron chi connectivity index (χ3n) is 4.28. The smallest absolute Gasteiger partial charge is 0.329 e. The van der Waals surface area contributed by atoms with Crippen molar-refractivity contribution in [3.8, 4) is 5.75 Å². The second kappa shape index (κ2) is 7.07. The van der Waals surface area contributed by atoms with Crippen LogP contribution in [0.1, 0.15) is 20.3 Å². The minimum Gasteiger partial charge on any atom is -0.497 e. The van der Waals surface area contributed by atoms with E-state index in [1.165, 1.54) is 4.57 Å². The minimum absolute atomic E-state index is 0.360. The third kappa shape index (κ3) is 3.35. The van der Waals surface area contributed by atoms with Crippen molar-refractivity contribution in [2.24, 2.45) is 13.0 Å². The molecule has 3 aromatic rings. The van der Waals surface area contributed by atoms with Crippen LogP contribution >= 0.6 is 0 Å². The molecular formula is C18H23N5O3. The number of methoxy groups -OCH3 is 1. The van der Waals surface area contributed by atoms with Gasteiger partial charge in [-0.1, -0.05) is 13.8 Å². The highest BCUT2D eigenvalue weighted by atomic mass is 16.5. The van der Waals surface area contributed by atoms with E-state index in [1.54, 1.807) is 14.2 Å². The molecule has 0 bridgehead atoms. The van der Waals surface area contributed by atoms with Crippen LogP contribution in [0.4, 0.5) is 11.6 Å². The molecule has 0 spiro atoms. The number of nitrogens with zero attached hydrogens (tertiary/aromatic N) is 3. The molecule has 0 unspecified atom stereocenters. The summed E-state index contributed by atoms with van der Waals surface area (Å²) in [7, 11) is 3.21. The van der Waals surface area contributed by atoms with E-state index in [9.17, 15) is 9.59 Å². The Morgan fingerprint density at radius 1 is 1.23 bits per heavy atom. The van der Waals surface area contributed by atoms with Crippen LogP contribution in [0, 0.1) is 5.92 Å². The van der Waals surface area contributed by atoms with Crippen LogP contribution in [0.3, 0.4) is 0 Å². The number of H-pyrrole nitrogens is 1. The number of aromatic nitrogens is 4. The minimum atomic E-state index is -0.480. The van der Waals surface area contributed by atoms with Gasteiger partial charge in [0.2, 0.25) is 5.95 Å². The number of anilines is 2. The average molecular weight is 357 g/mol. The lowest BCUT2D eigenvalue weighted by Gasteiger charge is -2.12.